The second kappa shape index (κ2) is 6.89. The summed E-state index contributed by atoms with van der Waals surface area (Å²) in [4.78, 5) is 12.4. The van der Waals surface area contributed by atoms with Crippen LogP contribution < -0.4 is 4.74 Å². The highest BCUT2D eigenvalue weighted by Crippen LogP contribution is 2.28. The molecule has 20 heavy (non-hydrogen) atoms. The van der Waals surface area contributed by atoms with Crippen LogP contribution in [0.4, 0.5) is 0 Å². The normalized spacial score (nSPS) is 18.9. The molecule has 0 spiro atoms. The summed E-state index contributed by atoms with van der Waals surface area (Å²) >= 11 is 0. The van der Waals surface area contributed by atoms with Gasteiger partial charge < -0.3 is 9.47 Å². The highest BCUT2D eigenvalue weighted by Gasteiger charge is 2.19. The molecule has 1 aliphatic heterocycles. The minimum absolute atomic E-state index is 0.152. The molecule has 3 heteroatoms. The summed E-state index contributed by atoms with van der Waals surface area (Å²) in [5.74, 6) is 0.874. The third-order valence-electron chi connectivity index (χ3n) is 4.15. The van der Waals surface area contributed by atoms with Gasteiger partial charge in [0.15, 0.2) is 5.78 Å². The molecule has 1 aromatic rings. The fraction of sp³-hybridized carbons (Fsp3) is 0.588. The van der Waals surface area contributed by atoms with E-state index in [2.05, 4.69) is 0 Å². The number of rotatable bonds is 5. The van der Waals surface area contributed by atoms with Crippen LogP contribution in [0.5, 0.6) is 5.75 Å². The second-order valence-electron chi connectivity index (χ2n) is 5.54. The number of carbonyl (C=O) groups is 1. The van der Waals surface area contributed by atoms with Gasteiger partial charge in [-0.05, 0) is 56.7 Å². The first-order valence-corrected chi connectivity index (χ1v) is 7.42. The zero-order valence-electron chi connectivity index (χ0n) is 12.7. The largest absolute Gasteiger partial charge is 0.496 e. The number of ether oxygens (including phenoxy) is 2. The van der Waals surface area contributed by atoms with Gasteiger partial charge in [-0.25, -0.2) is 0 Å². The van der Waals surface area contributed by atoms with E-state index in [0.29, 0.717) is 12.0 Å². The zero-order valence-corrected chi connectivity index (χ0v) is 12.7. The maximum atomic E-state index is 12.4. The van der Waals surface area contributed by atoms with Crippen LogP contribution in [0.3, 0.4) is 0 Å². The number of methoxy groups -OCH3 is 1. The molecular weight excluding hydrogens is 252 g/mol. The molecule has 1 atom stereocenters. The quantitative estimate of drug-likeness (QED) is 0.766. The van der Waals surface area contributed by atoms with Crippen molar-refractivity contribution in [2.75, 3.05) is 13.7 Å². The van der Waals surface area contributed by atoms with Gasteiger partial charge >= 0.3 is 0 Å². The lowest BCUT2D eigenvalue weighted by molar-refractivity contribution is 0.0104. The van der Waals surface area contributed by atoms with Gasteiger partial charge in [0.25, 0.3) is 0 Å². The van der Waals surface area contributed by atoms with Crippen LogP contribution in [-0.4, -0.2) is 25.6 Å². The van der Waals surface area contributed by atoms with Crippen LogP contribution in [0.2, 0.25) is 0 Å². The topological polar surface area (TPSA) is 35.5 Å². The van der Waals surface area contributed by atoms with Gasteiger partial charge in [0.1, 0.15) is 5.75 Å². The van der Waals surface area contributed by atoms with Gasteiger partial charge in [-0.3, -0.25) is 4.79 Å². The molecule has 0 amide bonds. The summed E-state index contributed by atoms with van der Waals surface area (Å²) in [6.45, 7) is 4.86. The van der Waals surface area contributed by atoms with Crippen LogP contribution in [0.15, 0.2) is 12.1 Å². The first-order valence-electron chi connectivity index (χ1n) is 7.42. The van der Waals surface area contributed by atoms with Crippen LogP contribution >= 0.6 is 0 Å². The molecule has 0 aliphatic carbocycles. The Balaban J connectivity index is 2.03. The first-order chi connectivity index (χ1) is 9.63. The Bertz CT molecular complexity index is 473. The SMILES string of the molecule is COc1c(C(=O)CCC2CCCCO2)ccc(C)c1C. The molecule has 1 heterocycles. The summed E-state index contributed by atoms with van der Waals surface area (Å²) < 4.78 is 11.1. The third kappa shape index (κ3) is 3.40. The first kappa shape index (κ1) is 15.0. The van der Waals surface area contributed by atoms with Crippen LogP contribution in [0, 0.1) is 13.8 Å². The Morgan fingerprint density at radius 2 is 2.15 bits per heavy atom. The van der Waals surface area contributed by atoms with Crippen LogP contribution in [-0.2, 0) is 4.74 Å². The summed E-state index contributed by atoms with van der Waals surface area (Å²) in [5.41, 5.74) is 2.90. The lowest BCUT2D eigenvalue weighted by Gasteiger charge is -2.22. The van der Waals surface area contributed by atoms with Gasteiger partial charge in [0.05, 0.1) is 18.8 Å². The van der Waals surface area contributed by atoms with Crippen molar-refractivity contribution in [1.29, 1.82) is 0 Å². The average molecular weight is 276 g/mol. The molecule has 1 aliphatic rings. The lowest BCUT2D eigenvalue weighted by Crippen LogP contribution is -2.20. The van der Waals surface area contributed by atoms with Crippen molar-refractivity contribution in [2.45, 2.75) is 52.1 Å². The number of hydrogen-bond acceptors (Lipinski definition) is 3. The molecule has 110 valence electrons. The molecule has 0 N–H and O–H groups in total. The fourth-order valence-electron chi connectivity index (χ4n) is 2.73. The summed E-state index contributed by atoms with van der Waals surface area (Å²) in [6, 6.07) is 3.87. The van der Waals surface area contributed by atoms with E-state index >= 15 is 0 Å². The van der Waals surface area contributed by atoms with Crippen molar-refractivity contribution < 1.29 is 14.3 Å². The number of benzene rings is 1. The van der Waals surface area contributed by atoms with Crippen molar-refractivity contribution >= 4 is 5.78 Å². The number of aryl methyl sites for hydroxylation is 1. The molecule has 0 aromatic heterocycles. The fourth-order valence-corrected chi connectivity index (χ4v) is 2.73. The molecule has 1 aromatic carbocycles. The van der Waals surface area contributed by atoms with E-state index < -0.39 is 0 Å². The Morgan fingerprint density at radius 3 is 2.80 bits per heavy atom. The zero-order chi connectivity index (χ0) is 14.5. The maximum absolute atomic E-state index is 12.4. The lowest BCUT2D eigenvalue weighted by atomic mass is 9.97. The molecular formula is C17H24O3. The Morgan fingerprint density at radius 1 is 1.35 bits per heavy atom. The van der Waals surface area contributed by atoms with Crippen molar-refractivity contribution in [2.24, 2.45) is 0 Å². The highest BCUT2D eigenvalue weighted by atomic mass is 16.5. The number of carbonyl (C=O) groups excluding carboxylic acids is 1. The molecule has 1 unspecified atom stereocenters. The molecule has 1 saturated heterocycles. The van der Waals surface area contributed by atoms with Gasteiger partial charge in [-0.1, -0.05) is 6.07 Å². The number of hydrogen-bond donors (Lipinski definition) is 0. The van der Waals surface area contributed by atoms with Crippen molar-refractivity contribution in [3.8, 4) is 5.75 Å². The van der Waals surface area contributed by atoms with E-state index in [1.807, 2.05) is 26.0 Å². The number of ketones is 1. The van der Waals surface area contributed by atoms with E-state index in [1.165, 1.54) is 6.42 Å². The van der Waals surface area contributed by atoms with Crippen molar-refractivity contribution in [3.63, 3.8) is 0 Å². The molecule has 2 rings (SSSR count). The van der Waals surface area contributed by atoms with Gasteiger partial charge in [-0.2, -0.15) is 0 Å². The van der Waals surface area contributed by atoms with Crippen molar-refractivity contribution in [1.82, 2.24) is 0 Å². The van der Waals surface area contributed by atoms with Crippen LogP contribution in [0.1, 0.15) is 53.6 Å². The average Bonchev–Trinajstić information content (AvgIpc) is 2.48. The summed E-state index contributed by atoms with van der Waals surface area (Å²) in [5, 5.41) is 0. The standard InChI is InChI=1S/C17H24O3/c1-12-7-9-15(17(19-3)13(12)2)16(18)10-8-14-6-4-5-11-20-14/h7,9,14H,4-6,8,10-11H2,1-3H3. The minimum Gasteiger partial charge on any atom is -0.496 e. The predicted octanol–water partition coefficient (Wildman–Crippen LogP) is 3.84. The van der Waals surface area contributed by atoms with E-state index in [1.54, 1.807) is 7.11 Å². The number of Topliss-reactive ketones (excluding diaryl/α,β-unsaturated/α-hetero) is 1. The Kier molecular flexibility index (Phi) is 5.18. The summed E-state index contributed by atoms with van der Waals surface area (Å²) in [7, 11) is 1.63. The van der Waals surface area contributed by atoms with E-state index in [-0.39, 0.29) is 11.9 Å². The minimum atomic E-state index is 0.152. The van der Waals surface area contributed by atoms with E-state index in [0.717, 1.165) is 42.7 Å². The third-order valence-corrected chi connectivity index (χ3v) is 4.15. The van der Waals surface area contributed by atoms with E-state index in [9.17, 15) is 4.79 Å². The smallest absolute Gasteiger partial charge is 0.166 e. The molecule has 1 fully saturated rings. The molecule has 0 bridgehead atoms. The molecule has 3 nitrogen and oxygen atoms in total. The van der Waals surface area contributed by atoms with Crippen molar-refractivity contribution in [3.05, 3.63) is 28.8 Å². The van der Waals surface area contributed by atoms with E-state index in [4.69, 9.17) is 9.47 Å². The highest BCUT2D eigenvalue weighted by molar-refractivity contribution is 5.99. The Hall–Kier alpha value is -1.35. The Labute approximate surface area is 121 Å². The van der Waals surface area contributed by atoms with Gasteiger partial charge in [0.2, 0.25) is 0 Å². The molecule has 0 saturated carbocycles. The van der Waals surface area contributed by atoms with Crippen LogP contribution in [0.25, 0.3) is 0 Å². The summed E-state index contributed by atoms with van der Waals surface area (Å²) in [6.07, 6.45) is 5.04. The predicted molar refractivity (Wildman–Crippen MR) is 79.6 cm³/mol. The van der Waals surface area contributed by atoms with Gasteiger partial charge in [0, 0.05) is 13.0 Å². The molecule has 0 radical (unpaired) electrons. The maximum Gasteiger partial charge on any atom is 0.166 e. The van der Waals surface area contributed by atoms with Gasteiger partial charge in [-0.15, -0.1) is 0 Å². The monoisotopic (exact) mass is 276 g/mol. The second-order valence-corrected chi connectivity index (χ2v) is 5.54.